The molecular formula is C15H18ClN3O3S2. The predicted molar refractivity (Wildman–Crippen MR) is 97.4 cm³/mol. The summed E-state index contributed by atoms with van der Waals surface area (Å²) in [6.07, 6.45) is 1.09. The summed E-state index contributed by atoms with van der Waals surface area (Å²) in [5.74, 6) is -0.291. The van der Waals surface area contributed by atoms with Crippen molar-refractivity contribution in [1.82, 2.24) is 10.3 Å². The Morgan fingerprint density at radius 3 is 2.46 bits per heavy atom. The molecule has 1 atom stereocenters. The first kappa shape index (κ1) is 18.7. The second kappa shape index (κ2) is 7.08. The van der Waals surface area contributed by atoms with Crippen LogP contribution in [0.5, 0.6) is 0 Å². The number of aromatic nitrogens is 1. The fourth-order valence-electron chi connectivity index (χ4n) is 1.97. The van der Waals surface area contributed by atoms with Crippen LogP contribution in [0, 0.1) is 6.92 Å². The zero-order valence-electron chi connectivity index (χ0n) is 13.7. The van der Waals surface area contributed by atoms with Crippen LogP contribution in [0.4, 0.5) is 5.13 Å². The number of anilines is 1. The van der Waals surface area contributed by atoms with Crippen LogP contribution < -0.4 is 9.62 Å². The van der Waals surface area contributed by atoms with Crippen molar-refractivity contribution in [1.29, 1.82) is 0 Å². The summed E-state index contributed by atoms with van der Waals surface area (Å²) in [5, 5.41) is 3.78. The standard InChI is InChI=1S/C15H18ClN3O3S2/c1-9(11-5-7-12(16)8-6-11)17-14(20)13-10(2)18-15(23-13)19(3)24(4,21)22/h5-9H,1-4H3,(H,17,20)/t9-/m1/s1. The van der Waals surface area contributed by atoms with E-state index < -0.39 is 10.0 Å². The van der Waals surface area contributed by atoms with Crippen molar-refractivity contribution in [3.8, 4) is 0 Å². The Bertz CT molecular complexity index is 847. The van der Waals surface area contributed by atoms with Gasteiger partial charge < -0.3 is 5.32 Å². The topological polar surface area (TPSA) is 79.4 Å². The van der Waals surface area contributed by atoms with Crippen molar-refractivity contribution in [3.63, 3.8) is 0 Å². The van der Waals surface area contributed by atoms with Gasteiger partial charge in [-0.2, -0.15) is 0 Å². The number of aryl methyl sites for hydroxylation is 1. The quantitative estimate of drug-likeness (QED) is 0.855. The first-order valence-corrected chi connectivity index (χ1v) is 10.1. The highest BCUT2D eigenvalue weighted by Crippen LogP contribution is 2.27. The predicted octanol–water partition coefficient (Wildman–Crippen LogP) is 2.99. The van der Waals surface area contributed by atoms with Gasteiger partial charge in [0.2, 0.25) is 10.0 Å². The Hall–Kier alpha value is -1.64. The molecule has 0 unspecified atom stereocenters. The lowest BCUT2D eigenvalue weighted by molar-refractivity contribution is 0.0943. The molecule has 2 rings (SSSR count). The molecule has 0 radical (unpaired) electrons. The van der Waals surface area contributed by atoms with Crippen LogP contribution >= 0.6 is 22.9 Å². The Morgan fingerprint density at radius 1 is 1.33 bits per heavy atom. The number of carbonyl (C=O) groups is 1. The van der Waals surface area contributed by atoms with E-state index in [0.29, 0.717) is 15.6 Å². The highest BCUT2D eigenvalue weighted by atomic mass is 35.5. The summed E-state index contributed by atoms with van der Waals surface area (Å²) in [7, 11) is -2.01. The lowest BCUT2D eigenvalue weighted by atomic mass is 10.1. The van der Waals surface area contributed by atoms with Gasteiger partial charge in [-0.15, -0.1) is 0 Å². The highest BCUT2D eigenvalue weighted by molar-refractivity contribution is 7.92. The van der Waals surface area contributed by atoms with Gasteiger partial charge in [0.1, 0.15) is 4.88 Å². The molecule has 6 nitrogen and oxygen atoms in total. The number of hydrogen-bond donors (Lipinski definition) is 1. The minimum atomic E-state index is -3.42. The van der Waals surface area contributed by atoms with Crippen LogP contribution in [0.1, 0.15) is 33.9 Å². The first-order chi connectivity index (χ1) is 11.1. The monoisotopic (exact) mass is 387 g/mol. The molecule has 0 aliphatic rings. The molecule has 1 aromatic carbocycles. The van der Waals surface area contributed by atoms with Crippen molar-refractivity contribution in [2.45, 2.75) is 19.9 Å². The largest absolute Gasteiger partial charge is 0.345 e. The van der Waals surface area contributed by atoms with E-state index in [4.69, 9.17) is 11.6 Å². The van der Waals surface area contributed by atoms with Crippen molar-refractivity contribution in [3.05, 3.63) is 45.4 Å². The molecule has 1 aromatic heterocycles. The third-order valence-corrected chi connectivity index (χ3v) is 6.24. The van der Waals surface area contributed by atoms with Gasteiger partial charge in [-0.3, -0.25) is 4.79 Å². The van der Waals surface area contributed by atoms with E-state index in [-0.39, 0.29) is 17.1 Å². The van der Waals surface area contributed by atoms with E-state index in [2.05, 4.69) is 10.3 Å². The zero-order valence-corrected chi connectivity index (χ0v) is 16.1. The molecule has 0 aliphatic heterocycles. The van der Waals surface area contributed by atoms with Gasteiger partial charge >= 0.3 is 0 Å². The van der Waals surface area contributed by atoms with Gasteiger partial charge in [0.25, 0.3) is 5.91 Å². The Kier molecular flexibility index (Phi) is 5.52. The Balaban J connectivity index is 2.18. The fourth-order valence-corrected chi connectivity index (χ4v) is 3.77. The average molecular weight is 388 g/mol. The molecule has 0 bridgehead atoms. The molecule has 9 heteroatoms. The maximum Gasteiger partial charge on any atom is 0.263 e. The number of nitrogens with one attached hydrogen (secondary N) is 1. The van der Waals surface area contributed by atoms with Crippen molar-refractivity contribution < 1.29 is 13.2 Å². The van der Waals surface area contributed by atoms with Gasteiger partial charge in [-0.05, 0) is 31.5 Å². The van der Waals surface area contributed by atoms with E-state index >= 15 is 0 Å². The molecule has 1 heterocycles. The normalized spacial score (nSPS) is 12.7. The maximum atomic E-state index is 12.5. The summed E-state index contributed by atoms with van der Waals surface area (Å²) in [4.78, 5) is 17.0. The average Bonchev–Trinajstić information content (AvgIpc) is 2.88. The van der Waals surface area contributed by atoms with E-state index in [1.165, 1.54) is 7.05 Å². The zero-order chi connectivity index (χ0) is 18.1. The van der Waals surface area contributed by atoms with Crippen LogP contribution in [-0.2, 0) is 10.0 Å². The van der Waals surface area contributed by atoms with Crippen molar-refractivity contribution in [2.75, 3.05) is 17.6 Å². The molecule has 0 saturated heterocycles. The van der Waals surface area contributed by atoms with Crippen LogP contribution in [-0.4, -0.2) is 32.6 Å². The van der Waals surface area contributed by atoms with Gasteiger partial charge in [-0.25, -0.2) is 17.7 Å². The van der Waals surface area contributed by atoms with Gasteiger partial charge in [0, 0.05) is 12.1 Å². The molecule has 0 spiro atoms. The van der Waals surface area contributed by atoms with Gasteiger partial charge in [0.15, 0.2) is 5.13 Å². The van der Waals surface area contributed by atoms with Crippen molar-refractivity contribution >= 4 is 44.0 Å². The van der Waals surface area contributed by atoms with Crippen LogP contribution in [0.15, 0.2) is 24.3 Å². The summed E-state index contributed by atoms with van der Waals surface area (Å²) in [5.41, 5.74) is 1.41. The molecule has 0 fully saturated rings. The summed E-state index contributed by atoms with van der Waals surface area (Å²) in [6, 6.07) is 6.99. The number of amides is 1. The second-order valence-electron chi connectivity index (χ2n) is 5.39. The smallest absolute Gasteiger partial charge is 0.263 e. The van der Waals surface area contributed by atoms with E-state index in [1.54, 1.807) is 19.1 Å². The van der Waals surface area contributed by atoms with Gasteiger partial charge in [0.05, 0.1) is 18.0 Å². The van der Waals surface area contributed by atoms with E-state index in [0.717, 1.165) is 27.5 Å². The molecule has 2 aromatic rings. The number of halogens is 1. The molecule has 130 valence electrons. The number of nitrogens with zero attached hydrogens (tertiary/aromatic N) is 2. The van der Waals surface area contributed by atoms with E-state index in [9.17, 15) is 13.2 Å². The molecule has 24 heavy (non-hydrogen) atoms. The van der Waals surface area contributed by atoms with E-state index in [1.807, 2.05) is 19.1 Å². The maximum absolute atomic E-state index is 12.5. The molecule has 1 N–H and O–H groups in total. The molecule has 0 saturated carbocycles. The number of thiazole rings is 1. The van der Waals surface area contributed by atoms with Gasteiger partial charge in [-0.1, -0.05) is 35.1 Å². The first-order valence-electron chi connectivity index (χ1n) is 7.07. The third kappa shape index (κ3) is 4.25. The fraction of sp³-hybridized carbons (Fsp3) is 0.333. The van der Waals surface area contributed by atoms with Crippen LogP contribution in [0.2, 0.25) is 5.02 Å². The number of rotatable bonds is 5. The lowest BCUT2D eigenvalue weighted by Crippen LogP contribution is -2.26. The number of carbonyl (C=O) groups excluding carboxylic acids is 1. The Labute approximate surface area is 150 Å². The van der Waals surface area contributed by atoms with Crippen molar-refractivity contribution in [2.24, 2.45) is 0 Å². The third-order valence-electron chi connectivity index (χ3n) is 3.48. The second-order valence-corrected chi connectivity index (χ2v) is 8.82. The highest BCUT2D eigenvalue weighted by Gasteiger charge is 2.22. The SMILES string of the molecule is Cc1nc(N(C)S(C)(=O)=O)sc1C(=O)N[C@H](C)c1ccc(Cl)cc1. The number of sulfonamides is 1. The van der Waals surface area contributed by atoms with Crippen LogP contribution in [0.25, 0.3) is 0 Å². The lowest BCUT2D eigenvalue weighted by Gasteiger charge is -2.14. The molecular weight excluding hydrogens is 370 g/mol. The molecule has 0 aliphatic carbocycles. The minimum Gasteiger partial charge on any atom is -0.345 e. The molecule has 1 amide bonds. The summed E-state index contributed by atoms with van der Waals surface area (Å²) < 4.78 is 24.2. The number of benzene rings is 1. The van der Waals surface area contributed by atoms with Crippen LogP contribution in [0.3, 0.4) is 0 Å². The minimum absolute atomic E-state index is 0.215. The number of hydrogen-bond acceptors (Lipinski definition) is 5. The summed E-state index contributed by atoms with van der Waals surface area (Å²) in [6.45, 7) is 3.54. The Morgan fingerprint density at radius 2 is 1.92 bits per heavy atom. The summed E-state index contributed by atoms with van der Waals surface area (Å²) >= 11 is 6.90.